The average molecular weight is 197 g/mol. The van der Waals surface area contributed by atoms with Crippen LogP contribution in [-0.4, -0.2) is 24.5 Å². The largest absolute Gasteiger partial charge is 0.297 e. The molecule has 0 aromatic carbocycles. The molecule has 80 valence electrons. The fourth-order valence-electron chi connectivity index (χ4n) is 2.23. The van der Waals surface area contributed by atoms with E-state index in [0.717, 1.165) is 13.0 Å². The molecular formula is C10H19N3O. The zero-order valence-corrected chi connectivity index (χ0v) is 9.05. The van der Waals surface area contributed by atoms with Crippen molar-refractivity contribution in [1.82, 2.24) is 16.2 Å². The van der Waals surface area contributed by atoms with Crippen molar-refractivity contribution in [2.75, 3.05) is 6.54 Å². The van der Waals surface area contributed by atoms with E-state index in [0.29, 0.717) is 11.7 Å². The number of hydrogen-bond acceptors (Lipinski definition) is 4. The number of ketones is 1. The molecule has 0 amide bonds. The first-order valence-corrected chi connectivity index (χ1v) is 5.27. The van der Waals surface area contributed by atoms with Gasteiger partial charge < -0.3 is 0 Å². The summed E-state index contributed by atoms with van der Waals surface area (Å²) >= 11 is 0. The third kappa shape index (κ3) is 1.69. The van der Waals surface area contributed by atoms with Crippen molar-refractivity contribution in [3.63, 3.8) is 0 Å². The Hall–Kier alpha value is -0.450. The van der Waals surface area contributed by atoms with Gasteiger partial charge >= 0.3 is 0 Å². The van der Waals surface area contributed by atoms with Crippen LogP contribution in [0.1, 0.15) is 27.2 Å². The van der Waals surface area contributed by atoms with E-state index in [1.807, 2.05) is 20.8 Å². The molecule has 0 aromatic rings. The number of nitrogens with one attached hydrogen (secondary N) is 3. The minimum atomic E-state index is -0.232. The highest BCUT2D eigenvalue weighted by Crippen LogP contribution is 2.27. The van der Waals surface area contributed by atoms with Crippen LogP contribution in [0.5, 0.6) is 0 Å². The van der Waals surface area contributed by atoms with Crippen LogP contribution in [0.25, 0.3) is 0 Å². The smallest absolute Gasteiger partial charge is 0.155 e. The van der Waals surface area contributed by atoms with Crippen LogP contribution in [0.2, 0.25) is 0 Å². The average Bonchev–Trinajstić information content (AvgIpc) is 2.58. The molecule has 4 heteroatoms. The van der Waals surface area contributed by atoms with Crippen molar-refractivity contribution in [2.45, 2.75) is 39.4 Å². The third-order valence-corrected chi connectivity index (χ3v) is 3.07. The Morgan fingerprint density at radius 1 is 1.36 bits per heavy atom. The third-order valence-electron chi connectivity index (χ3n) is 3.07. The molecule has 0 spiro atoms. The van der Waals surface area contributed by atoms with Gasteiger partial charge in [-0.1, -0.05) is 20.8 Å². The molecule has 3 N–H and O–H groups in total. The maximum atomic E-state index is 12.0. The van der Waals surface area contributed by atoms with Crippen LogP contribution in [0, 0.1) is 11.3 Å². The second kappa shape index (κ2) is 3.29. The zero-order chi connectivity index (χ0) is 10.3. The van der Waals surface area contributed by atoms with Gasteiger partial charge in [-0.15, -0.1) is 0 Å². The van der Waals surface area contributed by atoms with Gasteiger partial charge in [0.2, 0.25) is 0 Å². The van der Waals surface area contributed by atoms with Gasteiger partial charge in [0.15, 0.2) is 5.78 Å². The quantitative estimate of drug-likeness (QED) is 0.554. The van der Waals surface area contributed by atoms with E-state index in [1.165, 1.54) is 0 Å². The van der Waals surface area contributed by atoms with Gasteiger partial charge in [-0.3, -0.25) is 15.5 Å². The van der Waals surface area contributed by atoms with E-state index in [1.54, 1.807) is 0 Å². The van der Waals surface area contributed by atoms with Crippen LogP contribution in [0.15, 0.2) is 0 Å². The van der Waals surface area contributed by atoms with Crippen molar-refractivity contribution in [3.8, 4) is 0 Å². The maximum Gasteiger partial charge on any atom is 0.155 e. The molecule has 2 saturated heterocycles. The van der Waals surface area contributed by atoms with E-state index in [4.69, 9.17) is 0 Å². The minimum absolute atomic E-state index is 0.0413. The number of carbonyl (C=O) groups is 1. The van der Waals surface area contributed by atoms with Gasteiger partial charge in [-0.05, 0) is 6.42 Å². The van der Waals surface area contributed by atoms with Crippen LogP contribution in [0.4, 0.5) is 0 Å². The summed E-state index contributed by atoms with van der Waals surface area (Å²) in [6, 6.07) is 0.0413. The van der Waals surface area contributed by atoms with Crippen molar-refractivity contribution in [1.29, 1.82) is 0 Å². The molecule has 4 nitrogen and oxygen atoms in total. The van der Waals surface area contributed by atoms with E-state index in [2.05, 4.69) is 16.2 Å². The predicted octanol–water partition coefficient (Wildman–Crippen LogP) is 0.0136. The lowest BCUT2D eigenvalue weighted by Gasteiger charge is -2.22. The van der Waals surface area contributed by atoms with Crippen molar-refractivity contribution < 1.29 is 4.79 Å². The number of carbonyl (C=O) groups excluding carboxylic acids is 1. The zero-order valence-electron chi connectivity index (χ0n) is 9.05. The van der Waals surface area contributed by atoms with Crippen LogP contribution in [-0.2, 0) is 4.79 Å². The summed E-state index contributed by atoms with van der Waals surface area (Å²) in [5.74, 6) is 0.889. The molecule has 2 fully saturated rings. The van der Waals surface area contributed by atoms with E-state index in [9.17, 15) is 4.79 Å². The molecule has 0 aliphatic carbocycles. The number of hydrogen-bond donors (Lipinski definition) is 3. The molecule has 0 radical (unpaired) electrons. The summed E-state index contributed by atoms with van der Waals surface area (Å²) in [7, 11) is 0. The number of hydrazine groups is 1. The topological polar surface area (TPSA) is 53.2 Å². The number of fused-ring (bicyclic) bond motifs is 1. The van der Waals surface area contributed by atoms with E-state index in [-0.39, 0.29) is 17.6 Å². The molecule has 2 rings (SSSR count). The highest BCUT2D eigenvalue weighted by Gasteiger charge is 2.42. The van der Waals surface area contributed by atoms with E-state index < -0.39 is 0 Å². The van der Waals surface area contributed by atoms with Gasteiger partial charge in [0.05, 0.1) is 12.2 Å². The molecule has 2 heterocycles. The Morgan fingerprint density at radius 3 is 2.64 bits per heavy atom. The van der Waals surface area contributed by atoms with Gasteiger partial charge in [0.1, 0.15) is 0 Å². The van der Waals surface area contributed by atoms with Crippen LogP contribution >= 0.6 is 0 Å². The number of rotatable bonds is 1. The molecular weight excluding hydrogens is 178 g/mol. The van der Waals surface area contributed by atoms with Gasteiger partial charge in [-0.25, -0.2) is 5.43 Å². The Morgan fingerprint density at radius 2 is 2.07 bits per heavy atom. The summed E-state index contributed by atoms with van der Waals surface area (Å²) in [5, 5.41) is 3.34. The Labute approximate surface area is 84.8 Å². The summed E-state index contributed by atoms with van der Waals surface area (Å²) in [4.78, 5) is 12.0. The fraction of sp³-hybridized carbons (Fsp3) is 0.900. The second-order valence-electron chi connectivity index (χ2n) is 5.33. The number of Topliss-reactive ketones (excluding diaryl/α,β-unsaturated/α-hetero) is 1. The van der Waals surface area contributed by atoms with Gasteiger partial charge in [0, 0.05) is 17.9 Å². The summed E-state index contributed by atoms with van der Waals surface area (Å²) in [5.41, 5.74) is 6.01. The highest BCUT2D eigenvalue weighted by molar-refractivity contribution is 5.89. The van der Waals surface area contributed by atoms with Gasteiger partial charge in [0.25, 0.3) is 0 Å². The van der Waals surface area contributed by atoms with Crippen molar-refractivity contribution in [3.05, 3.63) is 0 Å². The maximum absolute atomic E-state index is 12.0. The molecule has 0 aromatic heterocycles. The normalized spacial score (nSPS) is 37.2. The molecule has 0 saturated carbocycles. The highest BCUT2D eigenvalue weighted by atomic mass is 16.1. The first kappa shape index (κ1) is 10.1. The molecule has 0 bridgehead atoms. The van der Waals surface area contributed by atoms with Crippen LogP contribution < -0.4 is 16.2 Å². The SMILES string of the molecule is CC(C)(C)C(=O)C1CC2CNNC2N1. The summed E-state index contributed by atoms with van der Waals surface area (Å²) < 4.78 is 0. The van der Waals surface area contributed by atoms with Crippen molar-refractivity contribution >= 4 is 5.78 Å². The van der Waals surface area contributed by atoms with E-state index >= 15 is 0 Å². The lowest BCUT2D eigenvalue weighted by Crippen LogP contribution is -2.47. The molecule has 2 aliphatic rings. The molecule has 3 atom stereocenters. The summed E-state index contributed by atoms with van der Waals surface area (Å²) in [6.45, 7) is 6.91. The van der Waals surface area contributed by atoms with Gasteiger partial charge in [-0.2, -0.15) is 0 Å². The first-order valence-electron chi connectivity index (χ1n) is 5.27. The lowest BCUT2D eigenvalue weighted by atomic mass is 9.85. The minimum Gasteiger partial charge on any atom is -0.297 e. The van der Waals surface area contributed by atoms with Crippen LogP contribution in [0.3, 0.4) is 0 Å². The standard InChI is InChI=1S/C10H19N3O/c1-10(2,3)8(14)7-4-6-5-11-13-9(6)12-7/h6-7,9,11-13H,4-5H2,1-3H3. The Bertz CT molecular complexity index is 234. The molecule has 3 unspecified atom stereocenters. The van der Waals surface area contributed by atoms with Crippen molar-refractivity contribution in [2.24, 2.45) is 11.3 Å². The molecule has 2 aliphatic heterocycles. The second-order valence-corrected chi connectivity index (χ2v) is 5.33. The summed E-state index contributed by atoms with van der Waals surface area (Å²) in [6.07, 6.45) is 1.24. The molecule has 14 heavy (non-hydrogen) atoms. The lowest BCUT2D eigenvalue weighted by molar-refractivity contribution is -0.128. The Balaban J connectivity index is 1.99. The fourth-order valence-corrected chi connectivity index (χ4v) is 2.23. The monoisotopic (exact) mass is 197 g/mol. The first-order chi connectivity index (χ1) is 6.48. The Kier molecular flexibility index (Phi) is 2.37. The predicted molar refractivity (Wildman–Crippen MR) is 54.4 cm³/mol.